The second-order valence-electron chi connectivity index (χ2n) is 6.72. The van der Waals surface area contributed by atoms with Crippen LogP contribution < -0.4 is 10.3 Å². The van der Waals surface area contributed by atoms with Crippen LogP contribution in [-0.2, 0) is 4.74 Å². The summed E-state index contributed by atoms with van der Waals surface area (Å²) in [6, 6.07) is 24.4. The third kappa shape index (κ3) is 6.95. The highest BCUT2D eigenvalue weighted by atomic mass is 35.5. The second-order valence-corrected chi connectivity index (χ2v) is 7.15. The van der Waals surface area contributed by atoms with Crippen LogP contribution in [0.3, 0.4) is 0 Å². The van der Waals surface area contributed by atoms with Crippen LogP contribution in [0, 0.1) is 0 Å². The largest absolute Gasteiger partial charge is 0.673 e. The fraction of sp³-hybridized carbons (Fsp3) is 0.0435. The molecule has 0 saturated carbocycles. The van der Waals surface area contributed by atoms with Crippen molar-refractivity contribution < 1.29 is 36.2 Å². The monoisotopic (exact) mass is 477 g/mol. The number of carbonyl (C=O) groups excluding carboxylic acids is 1. The fourth-order valence-electron chi connectivity index (χ4n) is 2.96. The summed E-state index contributed by atoms with van der Waals surface area (Å²) in [5.41, 5.74) is 3.05. The fourth-order valence-corrected chi connectivity index (χ4v) is 3.08. The van der Waals surface area contributed by atoms with Gasteiger partial charge in [0.15, 0.2) is 0 Å². The molecule has 4 rings (SSSR count). The molecule has 33 heavy (non-hydrogen) atoms. The Bertz CT molecular complexity index is 1310. The average molecular weight is 478 g/mol. The van der Waals surface area contributed by atoms with Crippen molar-refractivity contribution in [2.24, 2.45) is 0 Å². The number of hydrogen-bond acceptors (Lipinski definition) is 3. The van der Waals surface area contributed by atoms with Gasteiger partial charge in [-0.3, -0.25) is 0 Å². The average Bonchev–Trinajstić information content (AvgIpc) is 2.78. The first-order valence-electron chi connectivity index (χ1n) is 9.58. The molecule has 0 radical (unpaired) electrons. The third-order valence-electron chi connectivity index (χ3n) is 4.39. The van der Waals surface area contributed by atoms with Crippen LogP contribution in [0.4, 0.5) is 23.0 Å². The van der Waals surface area contributed by atoms with Gasteiger partial charge in [-0.15, -0.1) is 0 Å². The predicted molar refractivity (Wildman–Crippen MR) is 118 cm³/mol. The normalized spacial score (nSPS) is 11.6. The quantitative estimate of drug-likeness (QED) is 0.252. The molecule has 10 heteroatoms. The molecule has 0 aliphatic rings. The van der Waals surface area contributed by atoms with Crippen LogP contribution in [-0.4, -0.2) is 20.3 Å². The van der Waals surface area contributed by atoms with E-state index in [0.717, 1.165) is 33.3 Å². The SMILES string of the molecule is COC(=O)c1ccc([NH+]=c2cc(-c3ccc(Cl)cc3)oc3ccccc23)cc1.F[B-](F)(F)F. The Morgan fingerprint density at radius 2 is 1.55 bits per heavy atom. The maximum atomic E-state index is 11.6. The molecule has 0 saturated heterocycles. The summed E-state index contributed by atoms with van der Waals surface area (Å²) >= 11 is 6.00. The Labute approximate surface area is 191 Å². The first kappa shape index (κ1) is 24.1. The van der Waals surface area contributed by atoms with Crippen molar-refractivity contribution in [2.75, 3.05) is 7.11 Å². The van der Waals surface area contributed by atoms with Crippen LogP contribution in [0.5, 0.6) is 0 Å². The molecule has 4 aromatic rings. The second kappa shape index (κ2) is 10.4. The number of fused-ring (bicyclic) bond motifs is 1. The Kier molecular flexibility index (Phi) is 7.55. The Hall–Kier alpha value is -3.59. The molecular weight excluding hydrogens is 461 g/mol. The zero-order valence-corrected chi connectivity index (χ0v) is 18.0. The lowest BCUT2D eigenvalue weighted by atomic mass is 10.1. The van der Waals surface area contributed by atoms with E-state index in [2.05, 4.69) is 4.99 Å². The first-order chi connectivity index (χ1) is 15.6. The molecule has 0 bridgehead atoms. The highest BCUT2D eigenvalue weighted by molar-refractivity contribution is 6.50. The molecule has 1 N–H and O–H groups in total. The van der Waals surface area contributed by atoms with Gasteiger partial charge in [0.25, 0.3) is 0 Å². The van der Waals surface area contributed by atoms with E-state index in [1.165, 1.54) is 7.11 Å². The summed E-state index contributed by atoms with van der Waals surface area (Å²) in [5, 5.41) is 2.53. The predicted octanol–water partition coefficient (Wildman–Crippen LogP) is 5.15. The third-order valence-corrected chi connectivity index (χ3v) is 4.64. The summed E-state index contributed by atoms with van der Waals surface area (Å²) in [6.45, 7) is 0. The van der Waals surface area contributed by atoms with E-state index in [0.29, 0.717) is 10.6 Å². The molecular formula is C23H17BClF4NO3. The molecule has 1 aromatic heterocycles. The standard InChI is InChI=1S/C23H16ClNO3.BF4/c1-27-23(26)16-8-12-18(13-9-16)25-20-14-22(15-6-10-17(24)11-7-15)28-21-5-3-2-4-19(20)21;2-1(3,4)5/h2-14H,1H3;/q;-1/p+1. The summed E-state index contributed by atoms with van der Waals surface area (Å²) in [6.07, 6.45) is 0. The van der Waals surface area contributed by atoms with Crippen molar-refractivity contribution in [2.45, 2.75) is 0 Å². The molecule has 4 nitrogen and oxygen atoms in total. The molecule has 0 fully saturated rings. The van der Waals surface area contributed by atoms with Gasteiger partial charge in [-0.2, -0.15) is 0 Å². The van der Waals surface area contributed by atoms with E-state index >= 15 is 0 Å². The lowest BCUT2D eigenvalue weighted by molar-refractivity contribution is -0.400. The lowest BCUT2D eigenvalue weighted by Crippen LogP contribution is -2.70. The molecule has 0 unspecified atom stereocenters. The Morgan fingerprint density at radius 3 is 2.15 bits per heavy atom. The van der Waals surface area contributed by atoms with Crippen molar-refractivity contribution in [3.8, 4) is 11.3 Å². The van der Waals surface area contributed by atoms with Crippen molar-refractivity contribution in [3.05, 3.63) is 94.8 Å². The highest BCUT2D eigenvalue weighted by Gasteiger charge is 2.20. The number of nitrogens with one attached hydrogen (secondary N) is 1. The summed E-state index contributed by atoms with van der Waals surface area (Å²) in [5.74, 6) is 0.365. The van der Waals surface area contributed by atoms with Gasteiger partial charge in [-0.05, 0) is 48.5 Å². The van der Waals surface area contributed by atoms with E-state index in [1.807, 2.05) is 66.7 Å². The minimum absolute atomic E-state index is 0.361. The summed E-state index contributed by atoms with van der Waals surface area (Å²) < 4.78 is 49.8. The Balaban J connectivity index is 0.000000555. The minimum Gasteiger partial charge on any atom is -0.465 e. The number of carbonyl (C=O) groups is 1. The van der Waals surface area contributed by atoms with Gasteiger partial charge >= 0.3 is 13.2 Å². The van der Waals surface area contributed by atoms with Crippen LogP contribution in [0.15, 0.2) is 83.3 Å². The number of benzene rings is 3. The lowest BCUT2D eigenvalue weighted by Gasteiger charge is -2.03. The van der Waals surface area contributed by atoms with Gasteiger partial charge in [0.1, 0.15) is 11.3 Å². The van der Waals surface area contributed by atoms with Crippen molar-refractivity contribution in [3.63, 3.8) is 0 Å². The van der Waals surface area contributed by atoms with Crippen molar-refractivity contribution >= 4 is 41.5 Å². The molecule has 0 aliphatic heterocycles. The minimum atomic E-state index is -6.00. The van der Waals surface area contributed by atoms with Crippen LogP contribution in [0.25, 0.3) is 22.3 Å². The number of halogens is 5. The number of ether oxygens (including phenoxy) is 1. The maximum Gasteiger partial charge on any atom is 0.673 e. The van der Waals surface area contributed by atoms with Crippen LogP contribution in [0.2, 0.25) is 5.02 Å². The van der Waals surface area contributed by atoms with E-state index in [4.69, 9.17) is 20.8 Å². The Morgan fingerprint density at radius 1 is 0.939 bits per heavy atom. The summed E-state index contributed by atoms with van der Waals surface area (Å²) in [7, 11) is -4.63. The van der Waals surface area contributed by atoms with Gasteiger partial charge in [-0.25, -0.2) is 9.79 Å². The topological polar surface area (TPSA) is 53.4 Å². The molecule has 1 heterocycles. The van der Waals surface area contributed by atoms with E-state index < -0.39 is 7.25 Å². The van der Waals surface area contributed by atoms with E-state index in [9.17, 15) is 22.1 Å². The molecule has 0 atom stereocenters. The number of para-hydroxylation sites is 1. The zero-order valence-electron chi connectivity index (χ0n) is 17.2. The van der Waals surface area contributed by atoms with Gasteiger partial charge < -0.3 is 26.4 Å². The van der Waals surface area contributed by atoms with E-state index in [-0.39, 0.29) is 5.97 Å². The number of esters is 1. The molecule has 3 aromatic carbocycles. The summed E-state index contributed by atoms with van der Waals surface area (Å²) in [4.78, 5) is 15.0. The maximum absolute atomic E-state index is 11.6. The van der Waals surface area contributed by atoms with Crippen molar-refractivity contribution in [1.82, 2.24) is 0 Å². The smallest absolute Gasteiger partial charge is 0.465 e. The van der Waals surface area contributed by atoms with Gasteiger partial charge in [0.05, 0.1) is 24.1 Å². The molecule has 170 valence electrons. The van der Waals surface area contributed by atoms with Gasteiger partial charge in [-0.1, -0.05) is 23.7 Å². The number of methoxy groups -OCH3 is 1. The molecule has 0 aliphatic carbocycles. The number of hydrogen-bond donors (Lipinski definition) is 1. The first-order valence-corrected chi connectivity index (χ1v) is 9.96. The van der Waals surface area contributed by atoms with Gasteiger partial charge in [0.2, 0.25) is 11.0 Å². The highest BCUT2D eigenvalue weighted by Crippen LogP contribution is 2.23. The number of rotatable bonds is 3. The molecule has 0 spiro atoms. The molecule has 0 amide bonds. The van der Waals surface area contributed by atoms with E-state index in [1.54, 1.807) is 12.1 Å². The van der Waals surface area contributed by atoms with Crippen molar-refractivity contribution in [1.29, 1.82) is 0 Å². The zero-order chi connectivity index (χ0) is 24.0. The van der Waals surface area contributed by atoms with Crippen LogP contribution in [0.1, 0.15) is 10.4 Å². The van der Waals surface area contributed by atoms with Crippen LogP contribution >= 0.6 is 11.6 Å². The van der Waals surface area contributed by atoms with Gasteiger partial charge in [0, 0.05) is 22.7 Å².